The van der Waals surface area contributed by atoms with E-state index in [0.29, 0.717) is 6.04 Å². The molecule has 4 heteroatoms. The summed E-state index contributed by atoms with van der Waals surface area (Å²) >= 11 is 0. The number of benzene rings is 1. The lowest BCUT2D eigenvalue weighted by molar-refractivity contribution is -0.906. The van der Waals surface area contributed by atoms with Gasteiger partial charge in [0.1, 0.15) is 11.9 Å². The molecule has 0 spiro atoms. The van der Waals surface area contributed by atoms with Crippen LogP contribution < -0.4 is 5.43 Å². The Morgan fingerprint density at radius 3 is 2.62 bits per heavy atom. The Balaban J connectivity index is 1.46. The maximum Gasteiger partial charge on any atom is 0.148 e. The average molecular weight is 283 g/mol. The van der Waals surface area contributed by atoms with Crippen molar-refractivity contribution in [1.82, 2.24) is 10.3 Å². The summed E-state index contributed by atoms with van der Waals surface area (Å²) in [5.74, 6) is 1.11. The van der Waals surface area contributed by atoms with Gasteiger partial charge < -0.3 is 9.38 Å². The molecule has 110 valence electrons. The third-order valence-corrected chi connectivity index (χ3v) is 5.27. The summed E-state index contributed by atoms with van der Waals surface area (Å²) in [6.45, 7) is 2.37. The minimum absolute atomic E-state index is 0.196. The highest BCUT2D eigenvalue weighted by molar-refractivity contribution is 5.94. The summed E-state index contributed by atoms with van der Waals surface area (Å²) < 4.78 is 1.16. The molecule has 3 aliphatic rings. The molecule has 0 saturated carbocycles. The smallest absolute Gasteiger partial charge is 0.148 e. The first-order chi connectivity index (χ1) is 10.1. The molecule has 21 heavy (non-hydrogen) atoms. The highest BCUT2D eigenvalue weighted by Crippen LogP contribution is 2.34. The number of rotatable bonds is 1. The number of nitrogens with zero attached hydrogens (tertiary/aromatic N) is 3. The third-order valence-electron chi connectivity index (χ3n) is 5.27. The van der Waals surface area contributed by atoms with Crippen molar-refractivity contribution < 1.29 is 4.48 Å². The second-order valence-corrected chi connectivity index (χ2v) is 7.00. The second kappa shape index (κ2) is 4.60. The third kappa shape index (κ3) is 2.14. The maximum absolute atomic E-state index is 4.63. The Kier molecular flexibility index (Phi) is 2.82. The summed E-state index contributed by atoms with van der Waals surface area (Å²) in [7, 11) is 4.70. The van der Waals surface area contributed by atoms with E-state index in [1.807, 2.05) is 6.07 Å². The molecule has 2 bridgehead atoms. The van der Waals surface area contributed by atoms with E-state index < -0.39 is 0 Å². The molecule has 0 aliphatic carbocycles. The Morgan fingerprint density at radius 1 is 1.24 bits per heavy atom. The zero-order valence-corrected chi connectivity index (χ0v) is 12.7. The molecule has 2 fully saturated rings. The fourth-order valence-electron chi connectivity index (χ4n) is 3.95. The zero-order valence-electron chi connectivity index (χ0n) is 12.7. The Labute approximate surface area is 126 Å². The first kappa shape index (κ1) is 12.9. The van der Waals surface area contributed by atoms with Crippen LogP contribution in [0.2, 0.25) is 0 Å². The van der Waals surface area contributed by atoms with Crippen molar-refractivity contribution in [3.8, 4) is 0 Å². The molecule has 1 N–H and O–H groups in total. The Hall–Kier alpha value is -1.81. The molecular formula is C17H23N4+. The summed E-state index contributed by atoms with van der Waals surface area (Å²) in [5.41, 5.74) is 4.56. The molecule has 0 amide bonds. The quantitative estimate of drug-likeness (QED) is 0.795. The number of piperazine rings is 1. The van der Waals surface area contributed by atoms with E-state index in [4.69, 9.17) is 0 Å². The first-order valence-electron chi connectivity index (χ1n) is 7.79. The number of hydrogen-bond donors (Lipinski definition) is 1. The van der Waals surface area contributed by atoms with Crippen LogP contribution in [0.15, 0.2) is 47.6 Å². The topological polar surface area (TPSA) is 27.6 Å². The predicted octanol–water partition coefficient (Wildman–Crippen LogP) is 1.73. The number of amidine groups is 1. The van der Waals surface area contributed by atoms with Crippen LogP contribution in [0.3, 0.4) is 0 Å². The van der Waals surface area contributed by atoms with Crippen LogP contribution in [-0.4, -0.2) is 54.5 Å². The van der Waals surface area contributed by atoms with Gasteiger partial charge in [0.25, 0.3) is 0 Å². The molecular weight excluding hydrogens is 260 g/mol. The molecule has 4 nitrogen and oxygen atoms in total. The van der Waals surface area contributed by atoms with E-state index in [1.54, 1.807) is 0 Å². The number of likely N-dealkylation sites (N-methyl/N-ethyl adjacent to an activating group) is 1. The van der Waals surface area contributed by atoms with Gasteiger partial charge in [-0.15, -0.1) is 0 Å². The highest BCUT2D eigenvalue weighted by atomic mass is 15.5. The van der Waals surface area contributed by atoms with E-state index in [9.17, 15) is 0 Å². The number of hydrazone groups is 1. The van der Waals surface area contributed by atoms with Gasteiger partial charge in [-0.05, 0) is 11.6 Å². The average Bonchev–Trinajstić information content (AvgIpc) is 3.04. The van der Waals surface area contributed by atoms with Crippen molar-refractivity contribution in [2.24, 2.45) is 5.10 Å². The van der Waals surface area contributed by atoms with E-state index in [0.717, 1.165) is 22.9 Å². The van der Waals surface area contributed by atoms with Crippen molar-refractivity contribution >= 4 is 5.84 Å². The summed E-state index contributed by atoms with van der Waals surface area (Å²) in [4.78, 5) is 2.48. The van der Waals surface area contributed by atoms with Gasteiger partial charge in [-0.2, -0.15) is 5.10 Å². The molecule has 1 aromatic rings. The van der Waals surface area contributed by atoms with Gasteiger partial charge >= 0.3 is 0 Å². The fraction of sp³-hybridized carbons (Fsp3) is 0.471. The fourth-order valence-corrected chi connectivity index (χ4v) is 3.95. The van der Waals surface area contributed by atoms with Crippen LogP contribution in [0, 0.1) is 0 Å². The van der Waals surface area contributed by atoms with Gasteiger partial charge in [-0.25, -0.2) is 0 Å². The Bertz CT molecular complexity index is 590. The highest BCUT2D eigenvalue weighted by Gasteiger charge is 2.51. The van der Waals surface area contributed by atoms with Gasteiger partial charge in [0.05, 0.1) is 39.3 Å². The van der Waals surface area contributed by atoms with E-state index >= 15 is 0 Å². The SMILES string of the molecule is C[N+]1(C)C[C@@H]2C[C@H]1CN2C1=NNC(c2ccccc2)C=C1. The number of hydrogen-bond acceptors (Lipinski definition) is 3. The normalized spacial score (nSPS) is 33.0. The van der Waals surface area contributed by atoms with Crippen LogP contribution in [0.1, 0.15) is 18.0 Å². The lowest BCUT2D eigenvalue weighted by Crippen LogP contribution is -2.56. The maximum atomic E-state index is 4.63. The van der Waals surface area contributed by atoms with Gasteiger partial charge in [0.15, 0.2) is 0 Å². The van der Waals surface area contributed by atoms with Crippen molar-refractivity contribution in [2.45, 2.75) is 24.5 Å². The lowest BCUT2D eigenvalue weighted by atomic mass is 10.1. The molecule has 1 aromatic carbocycles. The molecule has 2 saturated heterocycles. The van der Waals surface area contributed by atoms with Gasteiger partial charge in [0.2, 0.25) is 0 Å². The van der Waals surface area contributed by atoms with E-state index in [1.165, 1.54) is 18.5 Å². The van der Waals surface area contributed by atoms with Gasteiger partial charge in [0, 0.05) is 6.42 Å². The number of likely N-dealkylation sites (tertiary alicyclic amines) is 2. The lowest BCUT2D eigenvalue weighted by Gasteiger charge is -2.39. The minimum atomic E-state index is 0.196. The first-order valence-corrected chi connectivity index (χ1v) is 7.79. The predicted molar refractivity (Wildman–Crippen MR) is 84.8 cm³/mol. The number of fused-ring (bicyclic) bond motifs is 2. The molecule has 4 rings (SSSR count). The summed E-state index contributed by atoms with van der Waals surface area (Å²) in [5, 5.41) is 4.63. The van der Waals surface area contributed by atoms with Crippen molar-refractivity contribution in [2.75, 3.05) is 27.2 Å². The van der Waals surface area contributed by atoms with E-state index in [2.05, 4.69) is 65.9 Å². The van der Waals surface area contributed by atoms with Crippen molar-refractivity contribution in [3.05, 3.63) is 48.0 Å². The van der Waals surface area contributed by atoms with Crippen molar-refractivity contribution in [1.29, 1.82) is 0 Å². The van der Waals surface area contributed by atoms with Crippen LogP contribution in [0.25, 0.3) is 0 Å². The van der Waals surface area contributed by atoms with Gasteiger partial charge in [-0.3, -0.25) is 5.43 Å². The second-order valence-electron chi connectivity index (χ2n) is 7.00. The van der Waals surface area contributed by atoms with Crippen LogP contribution in [0.5, 0.6) is 0 Å². The standard InChI is InChI=1S/C17H23N4/c1-21(2)12-14-10-15(21)11-20(14)17-9-8-16(18-19-17)13-6-4-3-5-7-13/h3-9,14-16,18H,10-12H2,1-2H3/q+1/t14-,15-,16?/m0/s1. The molecule has 3 aliphatic heterocycles. The zero-order chi connectivity index (χ0) is 14.4. The summed E-state index contributed by atoms with van der Waals surface area (Å²) in [6.07, 6.45) is 5.72. The van der Waals surface area contributed by atoms with E-state index in [-0.39, 0.29) is 6.04 Å². The monoisotopic (exact) mass is 283 g/mol. The molecule has 1 unspecified atom stereocenters. The Morgan fingerprint density at radius 2 is 2.05 bits per heavy atom. The number of quaternary nitrogens is 1. The molecule has 0 radical (unpaired) electrons. The number of nitrogens with one attached hydrogen (secondary N) is 1. The molecule has 0 aromatic heterocycles. The van der Waals surface area contributed by atoms with Crippen molar-refractivity contribution in [3.63, 3.8) is 0 Å². The van der Waals surface area contributed by atoms with Crippen LogP contribution in [-0.2, 0) is 0 Å². The molecule has 3 atom stereocenters. The molecule has 3 heterocycles. The van der Waals surface area contributed by atoms with Crippen LogP contribution in [0.4, 0.5) is 0 Å². The van der Waals surface area contributed by atoms with Gasteiger partial charge in [-0.1, -0.05) is 36.4 Å². The minimum Gasteiger partial charge on any atom is -0.340 e. The van der Waals surface area contributed by atoms with Crippen LogP contribution >= 0.6 is 0 Å². The largest absolute Gasteiger partial charge is 0.340 e. The summed E-state index contributed by atoms with van der Waals surface area (Å²) in [6, 6.07) is 12.1.